The van der Waals surface area contributed by atoms with Gasteiger partial charge in [-0.2, -0.15) is 0 Å². The molecule has 2 nitrogen and oxygen atoms in total. The summed E-state index contributed by atoms with van der Waals surface area (Å²) in [5.41, 5.74) is 0. The summed E-state index contributed by atoms with van der Waals surface area (Å²) in [5.74, 6) is 0.167. The number of hydrogen-bond acceptors (Lipinski definition) is 1. The fraction of sp³-hybridized carbons (Fsp3) is 0.667. The zero-order valence-corrected chi connectivity index (χ0v) is 8.54. The van der Waals surface area contributed by atoms with Crippen molar-refractivity contribution in [3.8, 4) is 0 Å². The smallest absolute Gasteiger partial charge is 0.412 e. The molecule has 0 rings (SSSR count). The lowest BCUT2D eigenvalue weighted by molar-refractivity contribution is -0.114. The van der Waals surface area contributed by atoms with Crippen LogP contribution in [0.5, 0.6) is 0 Å². The topological polar surface area (TPSA) is 48.6 Å². The number of carbonyl (C=O) groups is 1. The number of carbonyl (C=O) groups excluding carboxylic acids is 1. The molecular weight excluding hydrogens is 201 g/mol. The van der Waals surface area contributed by atoms with E-state index in [9.17, 15) is 4.79 Å². The molecule has 0 aromatic heterocycles. The van der Waals surface area contributed by atoms with Crippen LogP contribution in [0.15, 0.2) is 0 Å². The molecule has 0 atom stereocenters. The molecule has 6 heteroatoms. The van der Waals surface area contributed by atoms with Gasteiger partial charge < -0.3 is 10.3 Å². The first kappa shape index (κ1) is 16.6. The molecule has 0 spiro atoms. The molecule has 0 aromatic rings. The minimum atomic E-state index is -1.72. The highest BCUT2D eigenvalue weighted by Crippen LogP contribution is 1.97. The predicted octanol–water partition coefficient (Wildman–Crippen LogP) is 1.46. The number of halogens is 3. The van der Waals surface area contributed by atoms with Gasteiger partial charge in [0.25, 0.3) is 0 Å². The molecule has 9 heavy (non-hydrogen) atoms. The summed E-state index contributed by atoms with van der Waals surface area (Å²) in [6.45, 7) is 3.06. The van der Waals surface area contributed by atoms with Crippen molar-refractivity contribution in [2.75, 3.05) is 0 Å². The van der Waals surface area contributed by atoms with Crippen molar-refractivity contribution in [3.63, 3.8) is 0 Å². The van der Waals surface area contributed by atoms with Gasteiger partial charge in [0.1, 0.15) is 5.78 Å². The van der Waals surface area contributed by atoms with Crippen LogP contribution < -0.4 is 0 Å². The second-order valence-electron chi connectivity index (χ2n) is 1.16. The molecule has 0 aromatic carbocycles. The largest absolute Gasteiger partial charge is 0.643 e. The summed E-state index contributed by atoms with van der Waals surface area (Å²) in [6.07, 6.45) is 0. The van der Waals surface area contributed by atoms with Crippen LogP contribution >= 0.6 is 30.1 Å². The van der Waals surface area contributed by atoms with E-state index in [1.807, 2.05) is 0 Å². The summed E-state index contributed by atoms with van der Waals surface area (Å²) >= 11 is -1.72. The quantitative estimate of drug-likeness (QED) is 0.557. The molecule has 2 N–H and O–H groups in total. The van der Waals surface area contributed by atoms with Gasteiger partial charge >= 0.3 is 11.4 Å². The lowest BCUT2D eigenvalue weighted by Crippen LogP contribution is -1.69. The van der Waals surface area contributed by atoms with Crippen LogP contribution in [-0.2, 0) is 4.79 Å². The fourth-order valence-electron chi connectivity index (χ4n) is 0. The third-order valence-electron chi connectivity index (χ3n) is 0. The third-order valence-corrected chi connectivity index (χ3v) is 0. The van der Waals surface area contributed by atoms with E-state index in [1.165, 1.54) is 13.8 Å². The van der Waals surface area contributed by atoms with Crippen LogP contribution in [0.2, 0.25) is 0 Å². The molecule has 0 aliphatic carbocycles. The SMILES string of the molecule is CC(C)=O.O.[Cl][Al]([Cl])[Cl]. The Hall–Kier alpha value is 1.03. The second-order valence-corrected chi connectivity index (χ2v) is 7.59. The highest BCUT2D eigenvalue weighted by atomic mass is 35.8. The lowest BCUT2D eigenvalue weighted by Gasteiger charge is -1.57. The molecule has 56 valence electrons. The van der Waals surface area contributed by atoms with Crippen LogP contribution in [0.4, 0.5) is 0 Å². The van der Waals surface area contributed by atoms with E-state index in [1.54, 1.807) is 0 Å². The molecule has 0 aliphatic rings. The van der Waals surface area contributed by atoms with Crippen molar-refractivity contribution in [1.82, 2.24) is 0 Å². The monoisotopic (exact) mass is 208 g/mol. The summed E-state index contributed by atoms with van der Waals surface area (Å²) < 4.78 is 0. The van der Waals surface area contributed by atoms with Crippen molar-refractivity contribution in [2.45, 2.75) is 13.8 Å². The normalized spacial score (nSPS) is 5.89. The zero-order valence-electron chi connectivity index (χ0n) is 5.12. The molecule has 0 heterocycles. The van der Waals surface area contributed by atoms with E-state index in [0.29, 0.717) is 0 Å². The maximum absolute atomic E-state index is 9.44. The highest BCUT2D eigenvalue weighted by Gasteiger charge is 2.00. The minimum absolute atomic E-state index is 0. The van der Waals surface area contributed by atoms with Crippen LogP contribution in [0.3, 0.4) is 0 Å². The first-order valence-corrected chi connectivity index (χ1v) is 7.10. The van der Waals surface area contributed by atoms with E-state index in [4.69, 9.17) is 30.1 Å². The van der Waals surface area contributed by atoms with E-state index in [2.05, 4.69) is 0 Å². The van der Waals surface area contributed by atoms with E-state index < -0.39 is 11.4 Å². The van der Waals surface area contributed by atoms with Crippen molar-refractivity contribution in [3.05, 3.63) is 0 Å². The Balaban J connectivity index is -0.0000000720. The van der Waals surface area contributed by atoms with E-state index in [0.717, 1.165) is 0 Å². The average molecular weight is 209 g/mol. The number of ketones is 1. The van der Waals surface area contributed by atoms with Crippen molar-refractivity contribution < 1.29 is 10.3 Å². The number of Topliss-reactive ketones (excluding diaryl/α,β-unsaturated/α-hetero) is 1. The molecule has 0 bridgehead atoms. The van der Waals surface area contributed by atoms with Crippen molar-refractivity contribution in [2.24, 2.45) is 0 Å². The molecule has 0 unspecified atom stereocenters. The van der Waals surface area contributed by atoms with Gasteiger partial charge in [-0.05, 0) is 13.8 Å². The zero-order chi connectivity index (χ0) is 7.15. The van der Waals surface area contributed by atoms with Crippen LogP contribution in [0, 0.1) is 0 Å². The van der Waals surface area contributed by atoms with Crippen molar-refractivity contribution in [1.29, 1.82) is 0 Å². The molecule has 0 aliphatic heterocycles. The third kappa shape index (κ3) is 419. The lowest BCUT2D eigenvalue weighted by atomic mass is 10.6. The Labute approximate surface area is 71.4 Å². The standard InChI is InChI=1S/C3H6O.Al.3ClH.H2O/c1-3(2)4;;;;;/h1-2H3;;3*1H;1H2/q;+3;;;;/p-3. The van der Waals surface area contributed by atoms with Gasteiger partial charge in [-0.25, -0.2) is 30.1 Å². The predicted molar refractivity (Wildman–Crippen MR) is 43.3 cm³/mol. The average Bonchev–Trinajstić information content (AvgIpc) is 1.25. The maximum atomic E-state index is 9.44. The fourth-order valence-corrected chi connectivity index (χ4v) is 0. The second kappa shape index (κ2) is 11.8. The number of rotatable bonds is 0. The summed E-state index contributed by atoms with van der Waals surface area (Å²) in [5, 5.41) is 0. The first-order valence-electron chi connectivity index (χ1n) is 1.86. The molecule has 0 amide bonds. The Kier molecular flexibility index (Phi) is 21.7. The molecule has 0 radical (unpaired) electrons. The van der Waals surface area contributed by atoms with Crippen molar-refractivity contribution >= 4 is 47.3 Å². The molecule has 0 saturated carbocycles. The Bertz CT molecular complexity index is 61.3. The van der Waals surface area contributed by atoms with Crippen LogP contribution in [0.25, 0.3) is 0 Å². The van der Waals surface area contributed by atoms with Gasteiger partial charge in [0.15, 0.2) is 0 Å². The van der Waals surface area contributed by atoms with Crippen LogP contribution in [-0.4, -0.2) is 22.6 Å². The van der Waals surface area contributed by atoms with Crippen LogP contribution in [0.1, 0.15) is 13.8 Å². The molecule has 0 saturated heterocycles. The van der Waals surface area contributed by atoms with Gasteiger partial charge in [0, 0.05) is 0 Å². The van der Waals surface area contributed by atoms with Gasteiger partial charge in [-0.15, -0.1) is 0 Å². The Morgan fingerprint density at radius 3 is 1.22 bits per heavy atom. The Morgan fingerprint density at radius 1 is 1.22 bits per heavy atom. The van der Waals surface area contributed by atoms with Gasteiger partial charge in [0.2, 0.25) is 0 Å². The summed E-state index contributed by atoms with van der Waals surface area (Å²) in [6, 6.07) is 0. The first-order chi connectivity index (χ1) is 3.46. The van der Waals surface area contributed by atoms with Gasteiger partial charge in [-0.1, -0.05) is 0 Å². The molecule has 0 fully saturated rings. The number of hydrogen-bond donors (Lipinski definition) is 0. The molecular formula is C3H8AlCl3O2. The minimum Gasteiger partial charge on any atom is -0.412 e. The Morgan fingerprint density at radius 2 is 1.22 bits per heavy atom. The maximum Gasteiger partial charge on any atom is 0.643 e. The summed E-state index contributed by atoms with van der Waals surface area (Å²) in [4.78, 5) is 9.44. The highest BCUT2D eigenvalue weighted by molar-refractivity contribution is 7.54. The van der Waals surface area contributed by atoms with Gasteiger partial charge in [0.05, 0.1) is 0 Å². The van der Waals surface area contributed by atoms with Gasteiger partial charge in [-0.3, -0.25) is 0 Å². The van der Waals surface area contributed by atoms with E-state index in [-0.39, 0.29) is 11.3 Å². The summed E-state index contributed by atoms with van der Waals surface area (Å²) in [7, 11) is 14.8. The van der Waals surface area contributed by atoms with E-state index >= 15 is 0 Å².